The average molecular weight is 256 g/mol. The minimum Gasteiger partial charge on any atom is -0.478 e. The van der Waals surface area contributed by atoms with Crippen LogP contribution in [0.25, 0.3) is 0 Å². The van der Waals surface area contributed by atoms with E-state index in [0.29, 0.717) is 11.5 Å². The predicted octanol–water partition coefficient (Wildman–Crippen LogP) is 3.26. The molecule has 1 aromatic heterocycles. The van der Waals surface area contributed by atoms with E-state index >= 15 is 0 Å². The summed E-state index contributed by atoms with van der Waals surface area (Å²) in [5, 5.41) is 12.2. The van der Waals surface area contributed by atoms with Gasteiger partial charge in [0.25, 0.3) is 0 Å². The van der Waals surface area contributed by atoms with Crippen molar-refractivity contribution in [1.82, 2.24) is 4.98 Å². The predicted molar refractivity (Wildman–Crippen MR) is 74.4 cm³/mol. The minimum atomic E-state index is -0.951. The zero-order valence-corrected chi connectivity index (χ0v) is 10.9. The van der Waals surface area contributed by atoms with Gasteiger partial charge in [0.2, 0.25) is 0 Å². The fraction of sp³-hybridized carbons (Fsp3) is 0.200. The number of benzene rings is 1. The Morgan fingerprint density at radius 1 is 1.21 bits per heavy atom. The van der Waals surface area contributed by atoms with Crippen LogP contribution in [0.5, 0.6) is 0 Å². The number of aromatic carboxylic acids is 1. The zero-order valence-electron chi connectivity index (χ0n) is 10.9. The zero-order chi connectivity index (χ0) is 13.8. The number of hydrogen-bond donors (Lipinski definition) is 2. The number of aromatic nitrogens is 1. The van der Waals surface area contributed by atoms with Crippen molar-refractivity contribution in [2.24, 2.45) is 0 Å². The van der Waals surface area contributed by atoms with Crippen molar-refractivity contribution in [3.63, 3.8) is 0 Å². The first-order valence-corrected chi connectivity index (χ1v) is 6.10. The van der Waals surface area contributed by atoms with Crippen molar-refractivity contribution in [2.45, 2.75) is 19.9 Å². The lowest BCUT2D eigenvalue weighted by molar-refractivity contribution is 0.0695. The molecular weight excluding hydrogens is 240 g/mol. The Kier molecular flexibility index (Phi) is 3.80. The Morgan fingerprint density at radius 2 is 1.89 bits per heavy atom. The Balaban J connectivity index is 2.16. The maximum Gasteiger partial charge on any atom is 0.337 e. The first kappa shape index (κ1) is 13.1. The highest BCUT2D eigenvalue weighted by Gasteiger charge is 2.10. The number of rotatable bonds is 4. The molecule has 0 spiro atoms. The van der Waals surface area contributed by atoms with E-state index in [1.54, 1.807) is 19.1 Å². The molecule has 2 aromatic rings. The van der Waals surface area contributed by atoms with Crippen LogP contribution >= 0.6 is 0 Å². The van der Waals surface area contributed by atoms with Crippen LogP contribution < -0.4 is 5.32 Å². The van der Waals surface area contributed by atoms with E-state index in [4.69, 9.17) is 5.11 Å². The van der Waals surface area contributed by atoms with Crippen LogP contribution in [0.3, 0.4) is 0 Å². The van der Waals surface area contributed by atoms with Crippen LogP contribution in [-0.2, 0) is 0 Å². The van der Waals surface area contributed by atoms with Crippen molar-refractivity contribution >= 4 is 11.8 Å². The van der Waals surface area contributed by atoms with E-state index in [2.05, 4.69) is 10.3 Å². The first-order chi connectivity index (χ1) is 9.08. The van der Waals surface area contributed by atoms with Crippen LogP contribution in [0.2, 0.25) is 0 Å². The molecule has 98 valence electrons. The number of anilines is 1. The molecule has 0 fully saturated rings. The maximum absolute atomic E-state index is 10.9. The lowest BCUT2D eigenvalue weighted by atomic mass is 10.1. The summed E-state index contributed by atoms with van der Waals surface area (Å²) in [6.07, 6.45) is 0. The number of nitrogens with one attached hydrogen (secondary N) is 1. The van der Waals surface area contributed by atoms with E-state index in [9.17, 15) is 4.79 Å². The normalized spacial score (nSPS) is 11.9. The Hall–Kier alpha value is -2.36. The van der Waals surface area contributed by atoms with Gasteiger partial charge in [0.15, 0.2) is 0 Å². The summed E-state index contributed by atoms with van der Waals surface area (Å²) < 4.78 is 0. The second kappa shape index (κ2) is 5.52. The standard InChI is InChI=1S/C15H16N2O2/c1-10(12-6-4-3-5-7-12)16-14-9-8-13(15(18)19)11(2)17-14/h3-10H,1-2H3,(H,16,17)(H,18,19). The number of carboxylic acid groups (broad SMARTS) is 1. The highest BCUT2D eigenvalue weighted by molar-refractivity contribution is 5.89. The first-order valence-electron chi connectivity index (χ1n) is 6.10. The number of pyridine rings is 1. The third kappa shape index (κ3) is 3.10. The van der Waals surface area contributed by atoms with Crippen LogP contribution in [0.4, 0.5) is 5.82 Å². The van der Waals surface area contributed by atoms with Crippen LogP contribution in [0.1, 0.15) is 34.6 Å². The third-order valence-electron chi connectivity index (χ3n) is 2.98. The molecule has 0 aliphatic heterocycles. The molecular formula is C15H16N2O2. The highest BCUT2D eigenvalue weighted by atomic mass is 16.4. The third-order valence-corrected chi connectivity index (χ3v) is 2.98. The second-order valence-corrected chi connectivity index (χ2v) is 4.41. The molecule has 2 rings (SSSR count). The van der Waals surface area contributed by atoms with Crippen LogP contribution in [0.15, 0.2) is 42.5 Å². The molecule has 0 radical (unpaired) electrons. The molecule has 0 bridgehead atoms. The lowest BCUT2D eigenvalue weighted by Crippen LogP contribution is -2.10. The minimum absolute atomic E-state index is 0.115. The quantitative estimate of drug-likeness (QED) is 0.881. The summed E-state index contributed by atoms with van der Waals surface area (Å²) in [7, 11) is 0. The van der Waals surface area contributed by atoms with E-state index in [0.717, 1.165) is 5.56 Å². The Labute approximate surface area is 112 Å². The molecule has 19 heavy (non-hydrogen) atoms. The molecule has 4 heteroatoms. The van der Waals surface area contributed by atoms with Gasteiger partial charge < -0.3 is 10.4 Å². The highest BCUT2D eigenvalue weighted by Crippen LogP contribution is 2.18. The molecule has 0 aliphatic rings. The van der Waals surface area contributed by atoms with Gasteiger partial charge in [-0.1, -0.05) is 30.3 Å². The fourth-order valence-electron chi connectivity index (χ4n) is 1.91. The van der Waals surface area contributed by atoms with Gasteiger partial charge >= 0.3 is 5.97 Å². The van der Waals surface area contributed by atoms with Crippen LogP contribution in [-0.4, -0.2) is 16.1 Å². The summed E-state index contributed by atoms with van der Waals surface area (Å²) in [5.74, 6) is -0.272. The van der Waals surface area contributed by atoms with Gasteiger partial charge in [-0.05, 0) is 31.5 Å². The summed E-state index contributed by atoms with van der Waals surface area (Å²) in [6, 6.07) is 13.4. The van der Waals surface area contributed by atoms with Gasteiger partial charge in [-0.3, -0.25) is 0 Å². The maximum atomic E-state index is 10.9. The number of carbonyl (C=O) groups is 1. The molecule has 1 unspecified atom stereocenters. The van der Waals surface area contributed by atoms with E-state index < -0.39 is 5.97 Å². The largest absolute Gasteiger partial charge is 0.478 e. The van der Waals surface area contributed by atoms with Gasteiger partial charge in [0, 0.05) is 6.04 Å². The number of hydrogen-bond acceptors (Lipinski definition) is 3. The van der Waals surface area contributed by atoms with Crippen molar-refractivity contribution in [3.05, 3.63) is 59.3 Å². The average Bonchev–Trinajstić information content (AvgIpc) is 2.39. The van der Waals surface area contributed by atoms with Gasteiger partial charge in [-0.2, -0.15) is 0 Å². The van der Waals surface area contributed by atoms with E-state index in [1.165, 1.54) is 0 Å². The SMILES string of the molecule is Cc1nc(NC(C)c2ccccc2)ccc1C(=O)O. The van der Waals surface area contributed by atoms with Crippen molar-refractivity contribution in [1.29, 1.82) is 0 Å². The van der Waals surface area contributed by atoms with Gasteiger partial charge in [0.05, 0.1) is 11.3 Å². The van der Waals surface area contributed by atoms with E-state index in [-0.39, 0.29) is 11.6 Å². The smallest absolute Gasteiger partial charge is 0.337 e. The van der Waals surface area contributed by atoms with Gasteiger partial charge in [-0.25, -0.2) is 9.78 Å². The fourth-order valence-corrected chi connectivity index (χ4v) is 1.91. The molecule has 1 atom stereocenters. The van der Waals surface area contributed by atoms with Crippen molar-refractivity contribution < 1.29 is 9.90 Å². The monoisotopic (exact) mass is 256 g/mol. The van der Waals surface area contributed by atoms with Crippen molar-refractivity contribution in [3.8, 4) is 0 Å². The molecule has 2 N–H and O–H groups in total. The van der Waals surface area contributed by atoms with Gasteiger partial charge in [-0.15, -0.1) is 0 Å². The molecule has 4 nitrogen and oxygen atoms in total. The topological polar surface area (TPSA) is 62.2 Å². The van der Waals surface area contributed by atoms with E-state index in [1.807, 2.05) is 37.3 Å². The van der Waals surface area contributed by atoms with Crippen molar-refractivity contribution in [2.75, 3.05) is 5.32 Å². The molecule has 0 saturated carbocycles. The second-order valence-electron chi connectivity index (χ2n) is 4.41. The lowest BCUT2D eigenvalue weighted by Gasteiger charge is -2.15. The van der Waals surface area contributed by atoms with Gasteiger partial charge in [0.1, 0.15) is 5.82 Å². The number of carboxylic acids is 1. The number of aryl methyl sites for hydroxylation is 1. The number of nitrogens with zero attached hydrogens (tertiary/aromatic N) is 1. The summed E-state index contributed by atoms with van der Waals surface area (Å²) in [5.41, 5.74) is 1.90. The summed E-state index contributed by atoms with van der Waals surface area (Å²) in [4.78, 5) is 15.2. The Morgan fingerprint density at radius 3 is 2.47 bits per heavy atom. The molecule has 1 aromatic carbocycles. The van der Waals surface area contributed by atoms with Crippen LogP contribution in [0, 0.1) is 6.92 Å². The summed E-state index contributed by atoms with van der Waals surface area (Å²) in [6.45, 7) is 3.74. The molecule has 1 heterocycles. The molecule has 0 aliphatic carbocycles. The summed E-state index contributed by atoms with van der Waals surface area (Å²) >= 11 is 0. The molecule has 0 amide bonds. The molecule has 0 saturated heterocycles. The Bertz CT molecular complexity index is 582.